The third-order valence-corrected chi connectivity index (χ3v) is 4.76. The first-order valence-electron chi connectivity index (χ1n) is 7.39. The molecule has 1 amide bonds. The molecule has 3 N–H and O–H groups in total. The van der Waals surface area contributed by atoms with Crippen molar-refractivity contribution < 1.29 is 19.9 Å². The predicted octanol–water partition coefficient (Wildman–Crippen LogP) is 1.89. The van der Waals surface area contributed by atoms with E-state index in [-0.39, 0.29) is 28.7 Å². The van der Waals surface area contributed by atoms with Crippen LogP contribution < -0.4 is 10.5 Å². The van der Waals surface area contributed by atoms with E-state index in [0.717, 1.165) is 0 Å². The van der Waals surface area contributed by atoms with Gasteiger partial charge in [-0.2, -0.15) is 0 Å². The van der Waals surface area contributed by atoms with Crippen molar-refractivity contribution in [3.8, 4) is 0 Å². The predicted molar refractivity (Wildman–Crippen MR) is 84.7 cm³/mol. The van der Waals surface area contributed by atoms with Gasteiger partial charge in [-0.1, -0.05) is 24.3 Å². The average Bonchev–Trinajstić information content (AvgIpc) is 3.04. The first-order chi connectivity index (χ1) is 11.4. The van der Waals surface area contributed by atoms with Gasteiger partial charge in [0.2, 0.25) is 0 Å². The van der Waals surface area contributed by atoms with Crippen molar-refractivity contribution in [2.24, 2.45) is 0 Å². The molecule has 0 bridgehead atoms. The number of carbonyl (C=O) groups excluding carboxylic acids is 2. The van der Waals surface area contributed by atoms with Crippen molar-refractivity contribution in [3.05, 3.63) is 64.4 Å². The molecule has 2 aromatic carbocycles. The second-order valence-electron chi connectivity index (χ2n) is 5.99. The van der Waals surface area contributed by atoms with E-state index >= 15 is 0 Å². The van der Waals surface area contributed by atoms with E-state index in [1.165, 1.54) is 18.2 Å². The lowest BCUT2D eigenvalue weighted by atomic mass is 9.78. The molecule has 1 aliphatic heterocycles. The number of carbonyl (C=O) groups is 2. The Kier molecular flexibility index (Phi) is 3.01. The summed E-state index contributed by atoms with van der Waals surface area (Å²) in [7, 11) is 0. The molecule has 7 heteroatoms. The fourth-order valence-corrected chi connectivity index (χ4v) is 3.59. The Hall–Kier alpha value is -2.74. The molecule has 1 heterocycles. The van der Waals surface area contributed by atoms with Crippen LogP contribution in [0.5, 0.6) is 0 Å². The van der Waals surface area contributed by atoms with Gasteiger partial charge >= 0.3 is 0 Å². The molecule has 4 rings (SSSR count). The highest BCUT2D eigenvalue weighted by Crippen LogP contribution is 2.51. The summed E-state index contributed by atoms with van der Waals surface area (Å²) >= 11 is 0. The number of ketones is 1. The average molecular weight is 325 g/mol. The van der Waals surface area contributed by atoms with Gasteiger partial charge < -0.3 is 20.9 Å². The highest BCUT2D eigenvalue weighted by molar-refractivity contribution is 6.09. The number of hydrogen-bond donors (Lipinski definition) is 3. The van der Waals surface area contributed by atoms with Crippen molar-refractivity contribution in [2.45, 2.75) is 17.9 Å². The summed E-state index contributed by atoms with van der Waals surface area (Å²) < 4.78 is 0. The summed E-state index contributed by atoms with van der Waals surface area (Å²) in [5, 5.41) is 33.7. The van der Waals surface area contributed by atoms with Crippen LogP contribution in [0.25, 0.3) is 0 Å². The van der Waals surface area contributed by atoms with Crippen molar-refractivity contribution in [1.82, 2.24) is 0 Å². The molecule has 122 valence electrons. The van der Waals surface area contributed by atoms with E-state index in [2.05, 4.69) is 5.32 Å². The molecule has 1 aliphatic carbocycles. The fourth-order valence-electron chi connectivity index (χ4n) is 3.59. The van der Waals surface area contributed by atoms with Crippen LogP contribution in [0, 0.1) is 5.21 Å². The van der Waals surface area contributed by atoms with Crippen molar-refractivity contribution in [2.75, 3.05) is 10.5 Å². The summed E-state index contributed by atoms with van der Waals surface area (Å²) in [5.41, 5.74) is -0.480. The summed E-state index contributed by atoms with van der Waals surface area (Å²) in [4.78, 5) is 24.7. The zero-order valence-corrected chi connectivity index (χ0v) is 12.4. The molecule has 0 saturated heterocycles. The van der Waals surface area contributed by atoms with Crippen LogP contribution in [0.1, 0.15) is 33.8 Å². The minimum atomic E-state index is -1.98. The van der Waals surface area contributed by atoms with Gasteiger partial charge in [-0.25, -0.2) is 0 Å². The van der Waals surface area contributed by atoms with Crippen molar-refractivity contribution >= 4 is 23.1 Å². The Labute approximate surface area is 136 Å². The Morgan fingerprint density at radius 3 is 2.71 bits per heavy atom. The molecule has 2 aromatic rings. The van der Waals surface area contributed by atoms with Crippen LogP contribution >= 0.6 is 0 Å². The number of anilines is 2. The maximum Gasteiger partial charge on any atom is 0.261 e. The smallest absolute Gasteiger partial charge is 0.261 e. The molecule has 0 aromatic heterocycles. The molecule has 0 fully saturated rings. The number of nitrogens with zero attached hydrogens (tertiary/aromatic N) is 1. The van der Waals surface area contributed by atoms with Crippen LogP contribution in [0.4, 0.5) is 11.4 Å². The van der Waals surface area contributed by atoms with Gasteiger partial charge in [0, 0.05) is 29.2 Å². The third kappa shape index (κ3) is 1.83. The van der Waals surface area contributed by atoms with E-state index in [1.807, 2.05) is 0 Å². The number of aliphatic hydroxyl groups is 1. The Bertz CT molecular complexity index is 879. The third-order valence-electron chi connectivity index (χ3n) is 4.76. The number of nitrogens with one attached hydrogen (secondary N) is 1. The van der Waals surface area contributed by atoms with Crippen LogP contribution in [-0.2, 0) is 10.4 Å². The van der Waals surface area contributed by atoms with Gasteiger partial charge in [-0.3, -0.25) is 14.8 Å². The highest BCUT2D eigenvalue weighted by atomic mass is 16.8. The SMILES string of the molecule is O=C1CC(C2(O)C(=O)Nc3ccc(N([O-])O)cc32)c2ccccc21. The molecule has 0 saturated carbocycles. The maximum atomic E-state index is 12.5. The molecule has 2 unspecified atom stereocenters. The lowest BCUT2D eigenvalue weighted by Crippen LogP contribution is -2.39. The molecule has 2 atom stereocenters. The van der Waals surface area contributed by atoms with E-state index in [0.29, 0.717) is 16.8 Å². The van der Waals surface area contributed by atoms with Crippen molar-refractivity contribution in [1.29, 1.82) is 0 Å². The number of Topliss-reactive ketones (excluding diaryl/α,β-unsaturated/α-hetero) is 1. The minimum absolute atomic E-state index is 0.00680. The molecule has 24 heavy (non-hydrogen) atoms. The number of rotatable bonds is 2. The van der Waals surface area contributed by atoms with Crippen LogP contribution in [0.2, 0.25) is 0 Å². The normalized spacial score (nSPS) is 24.5. The van der Waals surface area contributed by atoms with E-state index in [1.54, 1.807) is 24.3 Å². The molecule has 0 spiro atoms. The van der Waals surface area contributed by atoms with Gasteiger partial charge in [0.1, 0.15) is 0 Å². The largest absolute Gasteiger partial charge is 0.733 e. The molecular formula is C17H13N2O5-. The summed E-state index contributed by atoms with van der Waals surface area (Å²) in [6.45, 7) is 0. The molecule has 0 radical (unpaired) electrons. The molecule has 2 aliphatic rings. The zero-order valence-electron chi connectivity index (χ0n) is 12.4. The van der Waals surface area contributed by atoms with Crippen LogP contribution in [0.15, 0.2) is 42.5 Å². The monoisotopic (exact) mass is 325 g/mol. The van der Waals surface area contributed by atoms with Gasteiger partial charge in [0.25, 0.3) is 5.91 Å². The van der Waals surface area contributed by atoms with Crippen molar-refractivity contribution in [3.63, 3.8) is 0 Å². The van der Waals surface area contributed by atoms with Gasteiger partial charge in [-0.15, -0.1) is 0 Å². The lowest BCUT2D eigenvalue weighted by molar-refractivity contribution is -0.136. The Morgan fingerprint density at radius 1 is 1.21 bits per heavy atom. The van der Waals surface area contributed by atoms with Crippen LogP contribution in [-0.4, -0.2) is 22.0 Å². The zero-order chi connectivity index (χ0) is 17.1. The number of amides is 1. The number of benzene rings is 2. The molecule has 7 nitrogen and oxygen atoms in total. The lowest BCUT2D eigenvalue weighted by Gasteiger charge is -2.29. The fraction of sp³-hybridized carbons (Fsp3) is 0.176. The first kappa shape index (κ1) is 14.8. The summed E-state index contributed by atoms with van der Waals surface area (Å²) in [5.74, 6) is -1.55. The second-order valence-corrected chi connectivity index (χ2v) is 5.99. The van der Waals surface area contributed by atoms with Crippen LogP contribution in [0.3, 0.4) is 0 Å². The standard InChI is InChI=1S/C17H13N2O5/c20-15-8-12(10-3-1-2-4-11(10)15)17(22)13-7-9(19(23)24)5-6-14(13)18-16(17)21/h1-7,12,22-23H,8H2,(H,18,21)/q-1. The Balaban J connectivity index is 1.89. The summed E-state index contributed by atoms with van der Waals surface area (Å²) in [6, 6.07) is 10.9. The quantitative estimate of drug-likeness (QED) is 0.727. The number of hydrogen-bond acceptors (Lipinski definition) is 6. The Morgan fingerprint density at radius 2 is 1.96 bits per heavy atom. The van der Waals surface area contributed by atoms with E-state index in [4.69, 9.17) is 5.21 Å². The number of fused-ring (bicyclic) bond motifs is 2. The highest BCUT2D eigenvalue weighted by Gasteiger charge is 2.54. The molecular weight excluding hydrogens is 312 g/mol. The topological polar surface area (TPSA) is 113 Å². The minimum Gasteiger partial charge on any atom is -0.733 e. The van der Waals surface area contributed by atoms with E-state index < -0.39 is 17.4 Å². The van der Waals surface area contributed by atoms with E-state index in [9.17, 15) is 19.9 Å². The summed E-state index contributed by atoms with van der Waals surface area (Å²) in [6.07, 6.45) is -0.00680. The second kappa shape index (κ2) is 4.88. The van der Waals surface area contributed by atoms with Gasteiger partial charge in [0.05, 0.1) is 5.69 Å². The van der Waals surface area contributed by atoms with Gasteiger partial charge in [0.15, 0.2) is 11.4 Å². The van der Waals surface area contributed by atoms with Gasteiger partial charge in [-0.05, 0) is 23.8 Å². The maximum absolute atomic E-state index is 12.5. The first-order valence-corrected chi connectivity index (χ1v) is 7.39.